The van der Waals surface area contributed by atoms with E-state index in [0.717, 1.165) is 16.2 Å². The number of rotatable bonds is 2. The molecule has 1 aliphatic heterocycles. The number of benzene rings is 1. The number of aliphatic carboxylic acids is 1. The van der Waals surface area contributed by atoms with Crippen LogP contribution in [-0.4, -0.2) is 35.4 Å². The zero-order valence-electron chi connectivity index (χ0n) is 11.1. The summed E-state index contributed by atoms with van der Waals surface area (Å²) < 4.78 is 4.56. The van der Waals surface area contributed by atoms with Gasteiger partial charge in [-0.25, -0.2) is 15.6 Å². The molecule has 2 rings (SSSR count). The summed E-state index contributed by atoms with van der Waals surface area (Å²) in [5.41, 5.74) is 9.57. The molecule has 8 nitrogen and oxygen atoms in total. The second kappa shape index (κ2) is 5.87. The maximum absolute atomic E-state index is 11.5. The number of hydrazine groups is 3. The Hall–Kier alpha value is -2.16. The van der Waals surface area contributed by atoms with Gasteiger partial charge in [0, 0.05) is 0 Å². The van der Waals surface area contributed by atoms with E-state index in [0.29, 0.717) is 0 Å². The Morgan fingerprint density at radius 2 is 1.95 bits per heavy atom. The van der Waals surface area contributed by atoms with Crippen molar-refractivity contribution in [2.45, 2.75) is 19.0 Å². The number of hydrogen-bond donors (Lipinski definition) is 4. The van der Waals surface area contributed by atoms with Crippen LogP contribution in [0.25, 0.3) is 0 Å². The van der Waals surface area contributed by atoms with E-state index in [1.807, 2.05) is 31.2 Å². The van der Waals surface area contributed by atoms with Crippen molar-refractivity contribution in [1.82, 2.24) is 21.5 Å². The molecule has 2 atom stereocenters. The molecule has 0 saturated carbocycles. The van der Waals surface area contributed by atoms with Gasteiger partial charge in [-0.2, -0.15) is 5.12 Å². The van der Waals surface area contributed by atoms with Crippen LogP contribution in [0.3, 0.4) is 0 Å². The van der Waals surface area contributed by atoms with Crippen molar-refractivity contribution in [3.05, 3.63) is 35.4 Å². The lowest BCUT2D eigenvalue weighted by Gasteiger charge is -2.37. The molecule has 2 unspecified atom stereocenters. The molecule has 1 aromatic rings. The number of carbonyl (C=O) groups is 2. The van der Waals surface area contributed by atoms with Crippen LogP contribution < -0.4 is 16.4 Å². The number of aryl methyl sites for hydroxylation is 1. The molecule has 0 aromatic heterocycles. The average molecular weight is 280 g/mol. The topological polar surface area (TPSA) is 103 Å². The molecular formula is C12H16N4O4. The van der Waals surface area contributed by atoms with E-state index in [4.69, 9.17) is 0 Å². The summed E-state index contributed by atoms with van der Waals surface area (Å²) in [6, 6.07) is 5.82. The second-order valence-corrected chi connectivity index (χ2v) is 4.39. The van der Waals surface area contributed by atoms with Gasteiger partial charge < -0.3 is 9.84 Å². The predicted octanol–water partition coefficient (Wildman–Crippen LogP) is 0.0851. The van der Waals surface area contributed by atoms with Crippen LogP contribution in [-0.2, 0) is 9.53 Å². The van der Waals surface area contributed by atoms with Gasteiger partial charge in [-0.15, -0.1) is 5.53 Å². The van der Waals surface area contributed by atoms with Gasteiger partial charge in [-0.1, -0.05) is 29.8 Å². The Morgan fingerprint density at radius 1 is 1.30 bits per heavy atom. The van der Waals surface area contributed by atoms with Gasteiger partial charge in [-0.05, 0) is 12.5 Å². The monoisotopic (exact) mass is 280 g/mol. The summed E-state index contributed by atoms with van der Waals surface area (Å²) in [6.45, 7) is 1.94. The number of amides is 1. The smallest absolute Gasteiger partial charge is 0.440 e. The number of methoxy groups -OCH3 is 1. The number of carbonyl (C=O) groups excluding carboxylic acids is 1. The van der Waals surface area contributed by atoms with E-state index in [1.54, 1.807) is 0 Å². The molecular weight excluding hydrogens is 264 g/mol. The van der Waals surface area contributed by atoms with Crippen LogP contribution in [0.4, 0.5) is 4.79 Å². The van der Waals surface area contributed by atoms with Crippen LogP contribution >= 0.6 is 0 Å². The lowest BCUT2D eigenvalue weighted by atomic mass is 9.99. The minimum atomic E-state index is -1.04. The van der Waals surface area contributed by atoms with Gasteiger partial charge in [0.15, 0.2) is 0 Å². The molecule has 108 valence electrons. The molecule has 0 spiro atoms. The van der Waals surface area contributed by atoms with E-state index in [9.17, 15) is 14.7 Å². The first kappa shape index (κ1) is 14.3. The van der Waals surface area contributed by atoms with Crippen molar-refractivity contribution in [3.63, 3.8) is 0 Å². The van der Waals surface area contributed by atoms with E-state index in [-0.39, 0.29) is 0 Å². The highest BCUT2D eigenvalue weighted by Crippen LogP contribution is 2.20. The van der Waals surface area contributed by atoms with Crippen molar-refractivity contribution < 1.29 is 19.4 Å². The van der Waals surface area contributed by atoms with Gasteiger partial charge in [0.1, 0.15) is 6.04 Å². The molecule has 0 bridgehead atoms. The maximum Gasteiger partial charge on any atom is 0.440 e. The minimum Gasteiger partial charge on any atom is -0.480 e. The van der Waals surface area contributed by atoms with Gasteiger partial charge >= 0.3 is 12.1 Å². The predicted molar refractivity (Wildman–Crippen MR) is 69.0 cm³/mol. The van der Waals surface area contributed by atoms with Crippen LogP contribution in [0, 0.1) is 6.92 Å². The zero-order chi connectivity index (χ0) is 14.7. The normalized spacial score (nSPS) is 22.4. The first-order valence-corrected chi connectivity index (χ1v) is 5.97. The van der Waals surface area contributed by atoms with Gasteiger partial charge in [-0.3, -0.25) is 4.79 Å². The van der Waals surface area contributed by atoms with Crippen molar-refractivity contribution in [3.8, 4) is 0 Å². The standard InChI is InChI=1S/C12H16N4O4/c1-7-3-5-8(6-4-7)9-10(11(17)18)13-15-16(14-9)12(19)20-2/h3-6,9-10,13-15H,1-2H3,(H,17,18). The molecule has 0 aliphatic carbocycles. The summed E-state index contributed by atoms with van der Waals surface area (Å²) in [4.78, 5) is 22.7. The van der Waals surface area contributed by atoms with E-state index in [1.165, 1.54) is 7.11 Å². The Kier molecular flexibility index (Phi) is 4.18. The van der Waals surface area contributed by atoms with E-state index < -0.39 is 24.1 Å². The number of carboxylic acids is 1. The average Bonchev–Trinajstić information content (AvgIpc) is 2.46. The lowest BCUT2D eigenvalue weighted by molar-refractivity contribution is -0.144. The molecule has 4 N–H and O–H groups in total. The van der Waals surface area contributed by atoms with Crippen molar-refractivity contribution >= 4 is 12.1 Å². The minimum absolute atomic E-state index is 0.617. The largest absolute Gasteiger partial charge is 0.480 e. The summed E-state index contributed by atoms with van der Waals surface area (Å²) >= 11 is 0. The zero-order valence-corrected chi connectivity index (χ0v) is 11.1. The summed E-state index contributed by atoms with van der Waals surface area (Å²) in [5.74, 6) is -1.04. The van der Waals surface area contributed by atoms with Gasteiger partial charge in [0.2, 0.25) is 0 Å². The molecule has 1 aromatic carbocycles. The molecule has 1 heterocycles. The molecule has 20 heavy (non-hydrogen) atoms. The summed E-state index contributed by atoms with van der Waals surface area (Å²) in [5, 5.41) is 10.2. The fraction of sp³-hybridized carbons (Fsp3) is 0.333. The number of nitrogens with one attached hydrogen (secondary N) is 3. The summed E-state index contributed by atoms with van der Waals surface area (Å²) in [7, 11) is 1.23. The molecule has 0 radical (unpaired) electrons. The fourth-order valence-electron chi connectivity index (χ4n) is 1.90. The van der Waals surface area contributed by atoms with E-state index >= 15 is 0 Å². The number of carboxylic acid groups (broad SMARTS) is 1. The quantitative estimate of drug-likeness (QED) is 0.608. The maximum atomic E-state index is 11.5. The lowest BCUT2D eigenvalue weighted by Crippen LogP contribution is -2.69. The number of nitrogens with zero attached hydrogens (tertiary/aromatic N) is 1. The first-order chi connectivity index (χ1) is 9.52. The highest BCUT2D eigenvalue weighted by atomic mass is 16.6. The molecule has 1 amide bonds. The number of ether oxygens (including phenoxy) is 1. The third kappa shape index (κ3) is 2.87. The Bertz CT molecular complexity index is 505. The van der Waals surface area contributed by atoms with Gasteiger partial charge in [0.25, 0.3) is 0 Å². The van der Waals surface area contributed by atoms with Crippen LogP contribution in [0.15, 0.2) is 24.3 Å². The Labute approximate surface area is 115 Å². The molecule has 8 heteroatoms. The Morgan fingerprint density at radius 3 is 2.50 bits per heavy atom. The van der Waals surface area contributed by atoms with Crippen molar-refractivity contribution in [2.24, 2.45) is 0 Å². The number of hydrogen-bond acceptors (Lipinski definition) is 6. The molecule has 1 aliphatic rings. The van der Waals surface area contributed by atoms with Crippen LogP contribution in [0.2, 0.25) is 0 Å². The highest BCUT2D eigenvalue weighted by molar-refractivity contribution is 5.75. The Balaban J connectivity index is 2.25. The summed E-state index contributed by atoms with van der Waals surface area (Å²) in [6.07, 6.45) is -0.682. The molecule has 1 saturated heterocycles. The van der Waals surface area contributed by atoms with E-state index in [2.05, 4.69) is 21.1 Å². The third-order valence-corrected chi connectivity index (χ3v) is 2.99. The SMILES string of the molecule is COC(=O)N1NNC(C(=O)O)C(c2ccc(C)cc2)N1. The second-order valence-electron chi connectivity index (χ2n) is 4.39. The molecule has 1 fully saturated rings. The van der Waals surface area contributed by atoms with Gasteiger partial charge in [0.05, 0.1) is 13.2 Å². The van der Waals surface area contributed by atoms with Crippen molar-refractivity contribution in [2.75, 3.05) is 7.11 Å². The third-order valence-electron chi connectivity index (χ3n) is 2.99. The van der Waals surface area contributed by atoms with Crippen LogP contribution in [0.5, 0.6) is 0 Å². The first-order valence-electron chi connectivity index (χ1n) is 5.97. The fourth-order valence-corrected chi connectivity index (χ4v) is 1.90. The van der Waals surface area contributed by atoms with Crippen molar-refractivity contribution in [1.29, 1.82) is 0 Å². The van der Waals surface area contributed by atoms with Crippen LogP contribution in [0.1, 0.15) is 17.2 Å². The highest BCUT2D eigenvalue weighted by Gasteiger charge is 2.36.